The van der Waals surface area contributed by atoms with Crippen LogP contribution in [0, 0.1) is 6.92 Å². The Morgan fingerprint density at radius 3 is 2.45 bits per heavy atom. The normalized spacial score (nSPS) is 10.3. The average molecular weight is 287 g/mol. The van der Waals surface area contributed by atoms with Crippen LogP contribution in [0.2, 0.25) is 0 Å². The number of amides is 1. The van der Waals surface area contributed by atoms with Gasteiger partial charge in [-0.2, -0.15) is 0 Å². The lowest BCUT2D eigenvalue weighted by Crippen LogP contribution is -2.27. The van der Waals surface area contributed by atoms with Gasteiger partial charge in [-0.3, -0.25) is 9.78 Å². The molecule has 0 atom stereocenters. The van der Waals surface area contributed by atoms with Gasteiger partial charge >= 0.3 is 0 Å². The second-order valence-corrected chi connectivity index (χ2v) is 5.43. The fourth-order valence-corrected chi connectivity index (χ4v) is 2.18. The zero-order valence-corrected chi connectivity index (χ0v) is 12.6. The number of aryl methyl sites for hydroxylation is 1. The lowest BCUT2D eigenvalue weighted by Gasteiger charge is -2.16. The zero-order valence-electron chi connectivity index (χ0n) is 11.8. The molecule has 5 heteroatoms. The van der Waals surface area contributed by atoms with E-state index in [1.807, 2.05) is 25.3 Å². The maximum absolute atomic E-state index is 12.2. The number of carbonyl (C=O) groups is 1. The van der Waals surface area contributed by atoms with Gasteiger partial charge in [0.1, 0.15) is 5.69 Å². The highest BCUT2D eigenvalue weighted by Crippen LogP contribution is 2.16. The van der Waals surface area contributed by atoms with E-state index in [1.54, 1.807) is 29.9 Å². The number of thioether (sulfide) groups is 1. The van der Waals surface area contributed by atoms with Gasteiger partial charge in [0, 0.05) is 24.7 Å². The predicted octanol–water partition coefficient (Wildman–Crippen LogP) is 2.78. The van der Waals surface area contributed by atoms with Crippen molar-refractivity contribution in [1.82, 2.24) is 14.9 Å². The third-order valence-corrected chi connectivity index (χ3v) is 3.67. The smallest absolute Gasteiger partial charge is 0.274 e. The number of aromatic nitrogens is 2. The summed E-state index contributed by atoms with van der Waals surface area (Å²) in [7, 11) is 1.77. The number of rotatable bonds is 4. The Hall–Kier alpha value is -1.88. The van der Waals surface area contributed by atoms with E-state index in [2.05, 4.69) is 22.1 Å². The summed E-state index contributed by atoms with van der Waals surface area (Å²) >= 11 is 1.70. The topological polar surface area (TPSA) is 46.1 Å². The van der Waals surface area contributed by atoms with E-state index in [4.69, 9.17) is 0 Å². The van der Waals surface area contributed by atoms with Crippen molar-refractivity contribution in [3.63, 3.8) is 0 Å². The molecule has 0 aliphatic heterocycles. The second-order valence-electron chi connectivity index (χ2n) is 4.55. The van der Waals surface area contributed by atoms with Crippen LogP contribution in [0.4, 0.5) is 0 Å². The zero-order chi connectivity index (χ0) is 14.5. The molecule has 0 saturated heterocycles. The quantitative estimate of drug-likeness (QED) is 0.811. The maximum Gasteiger partial charge on any atom is 0.274 e. The first kappa shape index (κ1) is 14.5. The van der Waals surface area contributed by atoms with Crippen LogP contribution in [0.5, 0.6) is 0 Å². The minimum absolute atomic E-state index is 0.119. The van der Waals surface area contributed by atoms with E-state index in [0.29, 0.717) is 12.2 Å². The molecule has 0 saturated carbocycles. The van der Waals surface area contributed by atoms with Gasteiger partial charge in [-0.1, -0.05) is 12.1 Å². The molecule has 0 spiro atoms. The molecule has 1 aromatic carbocycles. The highest BCUT2D eigenvalue weighted by atomic mass is 32.2. The van der Waals surface area contributed by atoms with Crippen molar-refractivity contribution in [3.05, 3.63) is 53.6 Å². The minimum atomic E-state index is -0.119. The first-order valence-electron chi connectivity index (χ1n) is 6.27. The van der Waals surface area contributed by atoms with Crippen molar-refractivity contribution >= 4 is 17.7 Å². The van der Waals surface area contributed by atoms with Gasteiger partial charge in [-0.25, -0.2) is 4.98 Å². The van der Waals surface area contributed by atoms with Crippen LogP contribution >= 0.6 is 11.8 Å². The van der Waals surface area contributed by atoms with Crippen molar-refractivity contribution in [2.45, 2.75) is 18.4 Å². The average Bonchev–Trinajstić information content (AvgIpc) is 2.48. The molecule has 0 aliphatic carbocycles. The Kier molecular flexibility index (Phi) is 4.74. The minimum Gasteiger partial charge on any atom is -0.336 e. The van der Waals surface area contributed by atoms with Crippen LogP contribution in [0.25, 0.3) is 0 Å². The molecule has 1 amide bonds. The van der Waals surface area contributed by atoms with E-state index < -0.39 is 0 Å². The Morgan fingerprint density at radius 2 is 1.90 bits per heavy atom. The summed E-state index contributed by atoms with van der Waals surface area (Å²) in [6, 6.07) is 8.20. The first-order valence-corrected chi connectivity index (χ1v) is 7.49. The number of benzene rings is 1. The molecule has 0 radical (unpaired) electrons. The Labute approximate surface area is 123 Å². The summed E-state index contributed by atoms with van der Waals surface area (Å²) in [6.45, 7) is 2.40. The SMILES string of the molecule is CSc1ccc(CN(C)C(=O)c2cnc(C)cn2)cc1. The summed E-state index contributed by atoms with van der Waals surface area (Å²) in [6.07, 6.45) is 5.17. The van der Waals surface area contributed by atoms with Crippen LogP contribution in [0.3, 0.4) is 0 Å². The summed E-state index contributed by atoms with van der Waals surface area (Å²) in [5, 5.41) is 0. The van der Waals surface area contributed by atoms with E-state index in [0.717, 1.165) is 11.3 Å². The molecular formula is C15H17N3OS. The van der Waals surface area contributed by atoms with E-state index in [1.165, 1.54) is 11.1 Å². The highest BCUT2D eigenvalue weighted by molar-refractivity contribution is 7.98. The van der Waals surface area contributed by atoms with Gasteiger partial charge in [0.05, 0.1) is 11.9 Å². The lowest BCUT2D eigenvalue weighted by atomic mass is 10.2. The molecule has 2 aromatic rings. The number of carbonyl (C=O) groups excluding carboxylic acids is 1. The largest absolute Gasteiger partial charge is 0.336 e. The molecule has 0 N–H and O–H groups in total. The Balaban J connectivity index is 2.04. The van der Waals surface area contributed by atoms with E-state index in [9.17, 15) is 4.79 Å². The van der Waals surface area contributed by atoms with Gasteiger partial charge in [0.15, 0.2) is 0 Å². The molecule has 104 valence electrons. The Morgan fingerprint density at radius 1 is 1.20 bits per heavy atom. The van der Waals surface area contributed by atoms with Crippen LogP contribution in [0.1, 0.15) is 21.7 Å². The van der Waals surface area contributed by atoms with Crippen molar-refractivity contribution in [2.75, 3.05) is 13.3 Å². The summed E-state index contributed by atoms with van der Waals surface area (Å²) in [5.74, 6) is -0.119. The second kappa shape index (κ2) is 6.52. The lowest BCUT2D eigenvalue weighted by molar-refractivity contribution is 0.0779. The van der Waals surface area contributed by atoms with Gasteiger partial charge in [0.25, 0.3) is 5.91 Å². The summed E-state index contributed by atoms with van der Waals surface area (Å²) < 4.78 is 0. The molecule has 4 nitrogen and oxygen atoms in total. The molecule has 0 unspecified atom stereocenters. The fraction of sp³-hybridized carbons (Fsp3) is 0.267. The predicted molar refractivity (Wildman–Crippen MR) is 80.8 cm³/mol. The van der Waals surface area contributed by atoms with Crippen LogP contribution in [-0.4, -0.2) is 34.1 Å². The van der Waals surface area contributed by atoms with Crippen LogP contribution in [-0.2, 0) is 6.54 Å². The molecule has 0 fully saturated rings. The van der Waals surface area contributed by atoms with E-state index in [-0.39, 0.29) is 5.91 Å². The maximum atomic E-state index is 12.2. The van der Waals surface area contributed by atoms with Crippen molar-refractivity contribution < 1.29 is 4.79 Å². The standard InChI is InChI=1S/C15H17N3OS/c1-11-8-17-14(9-16-11)15(19)18(2)10-12-4-6-13(20-3)7-5-12/h4-9H,10H2,1-3H3. The Bertz CT molecular complexity index is 581. The summed E-state index contributed by atoms with van der Waals surface area (Å²) in [4.78, 5) is 23.3. The molecule has 2 rings (SSSR count). The monoisotopic (exact) mass is 287 g/mol. The first-order chi connectivity index (χ1) is 9.60. The molecule has 20 heavy (non-hydrogen) atoms. The third-order valence-electron chi connectivity index (χ3n) is 2.93. The fourth-order valence-electron chi connectivity index (χ4n) is 1.78. The van der Waals surface area contributed by atoms with Crippen molar-refractivity contribution in [2.24, 2.45) is 0 Å². The van der Waals surface area contributed by atoms with Gasteiger partial charge in [-0.05, 0) is 30.9 Å². The van der Waals surface area contributed by atoms with E-state index >= 15 is 0 Å². The molecular weight excluding hydrogens is 270 g/mol. The van der Waals surface area contributed by atoms with Gasteiger partial charge in [-0.15, -0.1) is 11.8 Å². The number of nitrogens with zero attached hydrogens (tertiary/aromatic N) is 3. The molecule has 1 heterocycles. The number of hydrogen-bond acceptors (Lipinski definition) is 4. The van der Waals surface area contributed by atoms with Crippen molar-refractivity contribution in [1.29, 1.82) is 0 Å². The van der Waals surface area contributed by atoms with Crippen LogP contribution < -0.4 is 0 Å². The molecule has 1 aromatic heterocycles. The summed E-state index contributed by atoms with van der Waals surface area (Å²) in [5.41, 5.74) is 2.27. The molecule has 0 bridgehead atoms. The highest BCUT2D eigenvalue weighted by Gasteiger charge is 2.13. The molecule has 0 aliphatic rings. The van der Waals surface area contributed by atoms with Gasteiger partial charge in [0.2, 0.25) is 0 Å². The third kappa shape index (κ3) is 3.57. The van der Waals surface area contributed by atoms with Gasteiger partial charge < -0.3 is 4.90 Å². The number of hydrogen-bond donors (Lipinski definition) is 0. The van der Waals surface area contributed by atoms with Crippen molar-refractivity contribution in [3.8, 4) is 0 Å². The van der Waals surface area contributed by atoms with Crippen LogP contribution in [0.15, 0.2) is 41.6 Å².